The van der Waals surface area contributed by atoms with Crippen LogP contribution in [0.4, 0.5) is 4.39 Å². The van der Waals surface area contributed by atoms with Gasteiger partial charge in [0.25, 0.3) is 0 Å². The first kappa shape index (κ1) is 13.4. The van der Waals surface area contributed by atoms with Gasteiger partial charge in [0.2, 0.25) is 0 Å². The molecule has 1 atom stereocenters. The van der Waals surface area contributed by atoms with Crippen molar-refractivity contribution in [3.63, 3.8) is 0 Å². The number of benzene rings is 1. The fraction of sp³-hybridized carbons (Fsp3) is 0.417. The van der Waals surface area contributed by atoms with E-state index in [-0.39, 0.29) is 19.1 Å². The van der Waals surface area contributed by atoms with Crippen LogP contribution in [0, 0.1) is 11.7 Å². The van der Waals surface area contributed by atoms with Gasteiger partial charge in [0.05, 0.1) is 13.0 Å². The van der Waals surface area contributed by atoms with E-state index < -0.39 is 11.7 Å². The Morgan fingerprint density at radius 2 is 2.24 bits per heavy atom. The quantitative estimate of drug-likeness (QED) is 0.793. The van der Waals surface area contributed by atoms with Gasteiger partial charge in [0, 0.05) is 18.2 Å². The number of methoxy groups -OCH3 is 1. The Balaban J connectivity index is 2.58. The first-order chi connectivity index (χ1) is 8.08. The van der Waals surface area contributed by atoms with Crippen LogP contribution in [0.1, 0.15) is 12.5 Å². The van der Waals surface area contributed by atoms with Crippen molar-refractivity contribution >= 4 is 5.97 Å². The molecule has 0 aliphatic carbocycles. The van der Waals surface area contributed by atoms with E-state index in [1.165, 1.54) is 13.2 Å². The second kappa shape index (κ2) is 6.20. The van der Waals surface area contributed by atoms with Crippen molar-refractivity contribution in [1.82, 2.24) is 0 Å². The lowest BCUT2D eigenvalue weighted by atomic mass is 10.2. The number of esters is 1. The summed E-state index contributed by atoms with van der Waals surface area (Å²) in [5.41, 5.74) is 5.77. The lowest BCUT2D eigenvalue weighted by Crippen LogP contribution is -2.20. The van der Waals surface area contributed by atoms with Gasteiger partial charge in [-0.1, -0.05) is 6.07 Å². The third kappa shape index (κ3) is 3.71. The lowest BCUT2D eigenvalue weighted by molar-refractivity contribution is -0.145. The van der Waals surface area contributed by atoms with E-state index in [0.29, 0.717) is 11.3 Å². The minimum atomic E-state index is -0.407. The molecule has 5 heteroatoms. The molecular formula is C12H16FNO3. The number of carbonyl (C=O) groups is 1. The summed E-state index contributed by atoms with van der Waals surface area (Å²) in [6, 6.07) is 4.44. The number of rotatable bonds is 5. The maximum absolute atomic E-state index is 13.3. The summed E-state index contributed by atoms with van der Waals surface area (Å²) >= 11 is 0. The Labute approximate surface area is 99.5 Å². The van der Waals surface area contributed by atoms with Crippen molar-refractivity contribution in [1.29, 1.82) is 0 Å². The minimum Gasteiger partial charge on any atom is -0.493 e. The largest absolute Gasteiger partial charge is 0.493 e. The van der Waals surface area contributed by atoms with Gasteiger partial charge in [-0.2, -0.15) is 0 Å². The summed E-state index contributed by atoms with van der Waals surface area (Å²) in [4.78, 5) is 11.1. The Bertz CT molecular complexity index is 395. The van der Waals surface area contributed by atoms with Crippen molar-refractivity contribution in [3.8, 4) is 5.75 Å². The highest BCUT2D eigenvalue weighted by atomic mass is 19.1. The van der Waals surface area contributed by atoms with Gasteiger partial charge in [-0.3, -0.25) is 4.79 Å². The SMILES string of the molecule is COC(=O)[C@@H](C)COc1ccc(CN)c(F)c1. The normalized spacial score (nSPS) is 12.0. The average Bonchev–Trinajstić information content (AvgIpc) is 2.35. The lowest BCUT2D eigenvalue weighted by Gasteiger charge is -2.11. The van der Waals surface area contributed by atoms with Crippen LogP contribution >= 0.6 is 0 Å². The molecular weight excluding hydrogens is 225 g/mol. The molecule has 2 N–H and O–H groups in total. The second-order valence-electron chi connectivity index (χ2n) is 3.69. The highest BCUT2D eigenvalue weighted by Crippen LogP contribution is 2.17. The molecule has 0 radical (unpaired) electrons. The van der Waals surface area contributed by atoms with E-state index in [1.54, 1.807) is 19.1 Å². The molecule has 0 bridgehead atoms. The summed E-state index contributed by atoms with van der Waals surface area (Å²) in [5.74, 6) is -0.785. The predicted octanol–water partition coefficient (Wildman–Crippen LogP) is 1.47. The topological polar surface area (TPSA) is 61.5 Å². The zero-order valence-corrected chi connectivity index (χ0v) is 9.90. The number of ether oxygens (including phenoxy) is 2. The van der Waals surface area contributed by atoms with Crippen LogP contribution in [0.2, 0.25) is 0 Å². The fourth-order valence-electron chi connectivity index (χ4n) is 1.27. The molecule has 0 unspecified atom stereocenters. The van der Waals surface area contributed by atoms with Crippen LogP contribution in [0.25, 0.3) is 0 Å². The van der Waals surface area contributed by atoms with Gasteiger partial charge in [-0.15, -0.1) is 0 Å². The van der Waals surface area contributed by atoms with Crippen LogP contribution in [-0.2, 0) is 16.1 Å². The molecule has 4 nitrogen and oxygen atoms in total. The molecule has 0 aromatic heterocycles. The fourth-order valence-corrected chi connectivity index (χ4v) is 1.27. The molecule has 1 aromatic carbocycles. The van der Waals surface area contributed by atoms with Crippen molar-refractivity contribution in [3.05, 3.63) is 29.6 Å². The Hall–Kier alpha value is -1.62. The van der Waals surface area contributed by atoms with Gasteiger partial charge < -0.3 is 15.2 Å². The van der Waals surface area contributed by atoms with Crippen LogP contribution in [0.5, 0.6) is 5.75 Å². The second-order valence-corrected chi connectivity index (χ2v) is 3.69. The van der Waals surface area contributed by atoms with E-state index in [2.05, 4.69) is 4.74 Å². The first-order valence-electron chi connectivity index (χ1n) is 5.27. The molecule has 0 fully saturated rings. The van der Waals surface area contributed by atoms with E-state index in [4.69, 9.17) is 10.5 Å². The maximum Gasteiger partial charge on any atom is 0.311 e. The number of nitrogens with two attached hydrogens (primary N) is 1. The van der Waals surface area contributed by atoms with Crippen molar-refractivity contribution in [2.75, 3.05) is 13.7 Å². The molecule has 0 saturated carbocycles. The molecule has 0 heterocycles. The number of halogens is 1. The molecule has 17 heavy (non-hydrogen) atoms. The zero-order chi connectivity index (χ0) is 12.8. The zero-order valence-electron chi connectivity index (χ0n) is 9.90. The molecule has 0 amide bonds. The van der Waals surface area contributed by atoms with E-state index in [0.717, 1.165) is 0 Å². The van der Waals surface area contributed by atoms with Gasteiger partial charge in [-0.05, 0) is 13.0 Å². The van der Waals surface area contributed by atoms with Gasteiger partial charge in [-0.25, -0.2) is 4.39 Å². The third-order valence-corrected chi connectivity index (χ3v) is 2.35. The monoisotopic (exact) mass is 241 g/mol. The van der Waals surface area contributed by atoms with Crippen LogP contribution in [0.15, 0.2) is 18.2 Å². The summed E-state index contributed by atoms with van der Waals surface area (Å²) in [5, 5.41) is 0. The third-order valence-electron chi connectivity index (χ3n) is 2.35. The molecule has 0 spiro atoms. The Morgan fingerprint density at radius 1 is 1.53 bits per heavy atom. The summed E-state index contributed by atoms with van der Waals surface area (Å²) in [6.45, 7) is 1.97. The van der Waals surface area contributed by atoms with Crippen LogP contribution in [-0.4, -0.2) is 19.7 Å². The number of carbonyl (C=O) groups excluding carboxylic acids is 1. The highest BCUT2D eigenvalue weighted by molar-refractivity contribution is 5.71. The van der Waals surface area contributed by atoms with Gasteiger partial charge in [0.1, 0.15) is 18.2 Å². The van der Waals surface area contributed by atoms with E-state index in [1.807, 2.05) is 0 Å². The first-order valence-corrected chi connectivity index (χ1v) is 5.27. The van der Waals surface area contributed by atoms with Crippen molar-refractivity contribution < 1.29 is 18.7 Å². The standard InChI is InChI=1S/C12H16FNO3/c1-8(12(15)16-2)7-17-10-4-3-9(6-14)11(13)5-10/h3-5,8H,6-7,14H2,1-2H3/t8-/m0/s1. The average molecular weight is 241 g/mol. The summed E-state index contributed by atoms with van der Waals surface area (Å²) in [7, 11) is 1.31. The summed E-state index contributed by atoms with van der Waals surface area (Å²) < 4.78 is 23.2. The molecule has 94 valence electrons. The van der Waals surface area contributed by atoms with E-state index in [9.17, 15) is 9.18 Å². The number of hydrogen-bond acceptors (Lipinski definition) is 4. The molecule has 0 aliphatic rings. The molecule has 0 saturated heterocycles. The predicted molar refractivity (Wildman–Crippen MR) is 61.0 cm³/mol. The minimum absolute atomic E-state index is 0.144. The van der Waals surface area contributed by atoms with Crippen LogP contribution < -0.4 is 10.5 Å². The van der Waals surface area contributed by atoms with Gasteiger partial charge >= 0.3 is 5.97 Å². The van der Waals surface area contributed by atoms with E-state index >= 15 is 0 Å². The molecule has 1 rings (SSSR count). The highest BCUT2D eigenvalue weighted by Gasteiger charge is 2.14. The Morgan fingerprint density at radius 3 is 2.76 bits per heavy atom. The molecule has 0 aliphatic heterocycles. The smallest absolute Gasteiger partial charge is 0.311 e. The van der Waals surface area contributed by atoms with Crippen molar-refractivity contribution in [2.24, 2.45) is 11.7 Å². The number of hydrogen-bond donors (Lipinski definition) is 1. The van der Waals surface area contributed by atoms with Crippen LogP contribution in [0.3, 0.4) is 0 Å². The summed E-state index contributed by atoms with van der Waals surface area (Å²) in [6.07, 6.45) is 0. The van der Waals surface area contributed by atoms with Gasteiger partial charge in [0.15, 0.2) is 0 Å². The Kier molecular flexibility index (Phi) is 4.90. The maximum atomic E-state index is 13.3. The molecule has 1 aromatic rings. The van der Waals surface area contributed by atoms with Crippen molar-refractivity contribution in [2.45, 2.75) is 13.5 Å².